The van der Waals surface area contributed by atoms with E-state index in [-0.39, 0.29) is 12.1 Å². The van der Waals surface area contributed by atoms with Gasteiger partial charge in [0.15, 0.2) is 0 Å². The van der Waals surface area contributed by atoms with Gasteiger partial charge in [0.2, 0.25) is 0 Å². The van der Waals surface area contributed by atoms with E-state index in [9.17, 15) is 0 Å². The Labute approximate surface area is 185 Å². The highest BCUT2D eigenvalue weighted by Gasteiger charge is 2.24. The molecule has 1 heterocycles. The molecule has 0 radical (unpaired) electrons. The van der Waals surface area contributed by atoms with Crippen molar-refractivity contribution in [2.45, 2.75) is 63.6 Å². The lowest BCUT2D eigenvalue weighted by Crippen LogP contribution is -2.49. The van der Waals surface area contributed by atoms with E-state index in [0.29, 0.717) is 24.1 Å². The minimum absolute atomic E-state index is 0.000604. The highest BCUT2D eigenvalue weighted by molar-refractivity contribution is 6.12. The number of methoxy groups -OCH3 is 1. The fourth-order valence-electron chi connectivity index (χ4n) is 4.34. The molecule has 3 rings (SSSR count). The van der Waals surface area contributed by atoms with Gasteiger partial charge in [-0.2, -0.15) is 0 Å². The van der Waals surface area contributed by atoms with Crippen LogP contribution < -0.4 is 10.6 Å². The molecule has 1 aliphatic rings. The van der Waals surface area contributed by atoms with Gasteiger partial charge in [0.25, 0.3) is 0 Å². The first-order valence-electron chi connectivity index (χ1n) is 11.3. The number of rotatable bonds is 11. The summed E-state index contributed by atoms with van der Waals surface area (Å²) in [5, 5.41) is 23.9. The Bertz CT molecular complexity index is 904. The van der Waals surface area contributed by atoms with Crippen LogP contribution in [0.25, 0.3) is 10.9 Å². The molecule has 6 heteroatoms. The van der Waals surface area contributed by atoms with Gasteiger partial charge in [-0.15, -0.1) is 0 Å². The largest absolute Gasteiger partial charge is 0.378 e. The molecule has 1 aromatic heterocycles. The molecule has 0 bridgehead atoms. The molecule has 2 atom stereocenters. The zero-order chi connectivity index (χ0) is 22.1. The van der Waals surface area contributed by atoms with Crippen LogP contribution in [0.2, 0.25) is 0 Å². The van der Waals surface area contributed by atoms with Gasteiger partial charge in [-0.25, -0.2) is 4.98 Å². The zero-order valence-electron chi connectivity index (χ0n) is 18.7. The molecule has 6 nitrogen and oxygen atoms in total. The van der Waals surface area contributed by atoms with E-state index < -0.39 is 0 Å². The van der Waals surface area contributed by atoms with Gasteiger partial charge in [0.1, 0.15) is 5.82 Å². The molecular weight excluding hydrogens is 386 g/mol. The summed E-state index contributed by atoms with van der Waals surface area (Å²) in [5.74, 6) is 0.674. The van der Waals surface area contributed by atoms with Gasteiger partial charge in [-0.1, -0.05) is 44.4 Å². The van der Waals surface area contributed by atoms with Crippen molar-refractivity contribution < 1.29 is 4.74 Å². The van der Waals surface area contributed by atoms with E-state index in [0.717, 1.165) is 22.9 Å². The molecule has 2 unspecified atom stereocenters. The summed E-state index contributed by atoms with van der Waals surface area (Å²) >= 11 is 0. The number of benzene rings is 1. The lowest BCUT2D eigenvalue weighted by molar-refractivity contribution is 0.0699. The number of aromatic nitrogens is 1. The zero-order valence-corrected chi connectivity index (χ0v) is 18.7. The predicted octanol–water partition coefficient (Wildman–Crippen LogP) is 4.94. The maximum atomic E-state index is 8.46. The average Bonchev–Trinajstić information content (AvgIpc) is 2.82. The number of allylic oxidation sites excluding steroid dienone is 2. The van der Waals surface area contributed by atoms with Gasteiger partial charge < -0.3 is 26.2 Å². The number of fused-ring (bicyclic) bond motifs is 1. The first-order chi connectivity index (χ1) is 15.2. The highest BCUT2D eigenvalue weighted by Crippen LogP contribution is 2.23. The summed E-state index contributed by atoms with van der Waals surface area (Å²) in [5.41, 5.74) is 1.93. The second-order valence-electron chi connectivity index (χ2n) is 8.19. The van der Waals surface area contributed by atoms with Gasteiger partial charge in [0.05, 0.1) is 17.3 Å². The monoisotopic (exact) mass is 421 g/mol. The van der Waals surface area contributed by atoms with Crippen molar-refractivity contribution in [2.24, 2.45) is 0 Å². The summed E-state index contributed by atoms with van der Waals surface area (Å²) in [6.07, 6.45) is 11.8. The molecule has 0 saturated heterocycles. The van der Waals surface area contributed by atoms with Gasteiger partial charge >= 0.3 is 0 Å². The van der Waals surface area contributed by atoms with Crippen molar-refractivity contribution >= 4 is 28.6 Å². The smallest absolute Gasteiger partial charge is 0.136 e. The quantitative estimate of drug-likeness (QED) is 0.387. The molecule has 0 spiro atoms. The Morgan fingerprint density at radius 1 is 1.26 bits per heavy atom. The van der Waals surface area contributed by atoms with Crippen molar-refractivity contribution in [1.82, 2.24) is 10.3 Å². The molecule has 31 heavy (non-hydrogen) atoms. The normalized spacial score (nSPS) is 17.0. The Hall–Kier alpha value is -2.57. The second kappa shape index (κ2) is 11.7. The molecule has 0 aliphatic heterocycles. The van der Waals surface area contributed by atoms with Crippen molar-refractivity contribution in [2.75, 3.05) is 19.0 Å². The number of nitrogens with zero attached hydrogens (tertiary/aromatic N) is 1. The van der Waals surface area contributed by atoms with Crippen LogP contribution in [0, 0.1) is 10.8 Å². The Balaban J connectivity index is 1.78. The highest BCUT2D eigenvalue weighted by atomic mass is 16.5. The SMILES string of the molecule is CCC(NC1CCCCC1)C(CNc1nc2ccccc2cc1C(=N)/C=C\C=N)OC. The Morgan fingerprint density at radius 2 is 2.03 bits per heavy atom. The number of nitrogens with one attached hydrogen (secondary N) is 4. The summed E-state index contributed by atoms with van der Waals surface area (Å²) < 4.78 is 5.87. The Morgan fingerprint density at radius 3 is 2.74 bits per heavy atom. The first-order valence-corrected chi connectivity index (χ1v) is 11.3. The summed E-state index contributed by atoms with van der Waals surface area (Å²) in [6.45, 7) is 2.80. The maximum Gasteiger partial charge on any atom is 0.136 e. The van der Waals surface area contributed by atoms with Crippen LogP contribution in [0.3, 0.4) is 0 Å². The number of anilines is 1. The fourth-order valence-corrected chi connectivity index (χ4v) is 4.34. The third-order valence-electron chi connectivity index (χ3n) is 6.09. The van der Waals surface area contributed by atoms with E-state index in [1.54, 1.807) is 19.3 Å². The molecule has 1 aromatic carbocycles. The lowest BCUT2D eigenvalue weighted by atomic mass is 9.94. The summed E-state index contributed by atoms with van der Waals surface area (Å²) in [7, 11) is 1.77. The maximum absolute atomic E-state index is 8.46. The average molecular weight is 422 g/mol. The standard InChI is InChI=1S/C25H35N5O/c1-3-22(29-19-11-5-4-6-12-19)24(31-2)17-28-25-20(21(27)13-9-15-26)16-18-10-7-8-14-23(18)30-25/h7-10,13-16,19,22,24,26-27,29H,3-6,11-12,17H2,1-2H3,(H,28,30)/b13-9-,26-15?,27-21?. The number of hydrogen-bond donors (Lipinski definition) is 4. The molecule has 1 fully saturated rings. The van der Waals surface area contributed by atoms with Crippen molar-refractivity contribution in [3.05, 3.63) is 48.0 Å². The predicted molar refractivity (Wildman–Crippen MR) is 130 cm³/mol. The minimum Gasteiger partial charge on any atom is -0.378 e. The van der Waals surface area contributed by atoms with Crippen LogP contribution in [0.15, 0.2) is 42.5 Å². The number of pyridine rings is 1. The van der Waals surface area contributed by atoms with E-state index in [1.165, 1.54) is 38.3 Å². The van der Waals surface area contributed by atoms with Crippen LogP contribution >= 0.6 is 0 Å². The molecular formula is C25H35N5O. The number of para-hydroxylation sites is 1. The topological polar surface area (TPSA) is 93.9 Å². The van der Waals surface area contributed by atoms with Crippen molar-refractivity contribution in [3.63, 3.8) is 0 Å². The molecule has 1 aliphatic carbocycles. The van der Waals surface area contributed by atoms with E-state index >= 15 is 0 Å². The first kappa shape index (κ1) is 23.1. The van der Waals surface area contributed by atoms with Crippen LogP contribution in [-0.2, 0) is 4.74 Å². The molecule has 1 saturated carbocycles. The molecule has 4 N–H and O–H groups in total. The van der Waals surface area contributed by atoms with Crippen molar-refractivity contribution in [1.29, 1.82) is 10.8 Å². The van der Waals surface area contributed by atoms with Crippen LogP contribution in [0.1, 0.15) is 51.0 Å². The van der Waals surface area contributed by atoms with E-state index in [1.807, 2.05) is 30.3 Å². The molecule has 166 valence electrons. The van der Waals surface area contributed by atoms with Crippen molar-refractivity contribution in [3.8, 4) is 0 Å². The fraction of sp³-hybridized carbons (Fsp3) is 0.480. The number of hydrogen-bond acceptors (Lipinski definition) is 6. The summed E-state index contributed by atoms with van der Waals surface area (Å²) in [6, 6.07) is 10.8. The lowest BCUT2D eigenvalue weighted by Gasteiger charge is -2.32. The third kappa shape index (κ3) is 6.21. The van der Waals surface area contributed by atoms with Gasteiger partial charge in [-0.3, -0.25) is 0 Å². The van der Waals surface area contributed by atoms with Crippen LogP contribution in [0.5, 0.6) is 0 Å². The molecule has 0 amide bonds. The van der Waals surface area contributed by atoms with Crippen LogP contribution in [0.4, 0.5) is 5.82 Å². The second-order valence-corrected chi connectivity index (χ2v) is 8.19. The van der Waals surface area contributed by atoms with Gasteiger partial charge in [0, 0.05) is 42.9 Å². The minimum atomic E-state index is -0.000604. The molecule has 2 aromatic rings. The van der Waals surface area contributed by atoms with E-state index in [2.05, 4.69) is 17.6 Å². The number of ether oxygens (including phenoxy) is 1. The third-order valence-corrected chi connectivity index (χ3v) is 6.09. The Kier molecular flexibility index (Phi) is 8.74. The summed E-state index contributed by atoms with van der Waals surface area (Å²) in [4.78, 5) is 4.79. The van der Waals surface area contributed by atoms with Crippen LogP contribution in [-0.4, -0.2) is 48.8 Å². The van der Waals surface area contributed by atoms with Gasteiger partial charge in [-0.05, 0) is 43.5 Å². The van der Waals surface area contributed by atoms with E-state index in [4.69, 9.17) is 20.5 Å².